The minimum atomic E-state index is -0.191. The Hall–Kier alpha value is -3.03. The fraction of sp³-hybridized carbons (Fsp3) is 0.227. The van der Waals surface area contributed by atoms with Crippen molar-refractivity contribution in [3.63, 3.8) is 0 Å². The number of carbonyl (C=O) groups excluding carboxylic acids is 1. The molecule has 2 aromatic carbocycles. The van der Waals surface area contributed by atoms with Gasteiger partial charge in [-0.25, -0.2) is 4.79 Å². The second-order valence-corrected chi connectivity index (χ2v) is 7.88. The van der Waals surface area contributed by atoms with Crippen LogP contribution in [0.3, 0.4) is 0 Å². The summed E-state index contributed by atoms with van der Waals surface area (Å²) in [5, 5.41) is 12.5. The number of nitrogens with zero attached hydrogens (tertiary/aromatic N) is 4. The van der Waals surface area contributed by atoms with E-state index in [1.807, 2.05) is 36.4 Å². The number of benzene rings is 2. The molecule has 7 nitrogen and oxygen atoms in total. The van der Waals surface area contributed by atoms with E-state index in [1.165, 1.54) is 0 Å². The van der Waals surface area contributed by atoms with Crippen molar-refractivity contribution >= 4 is 40.7 Å². The molecule has 0 radical (unpaired) electrons. The van der Waals surface area contributed by atoms with Crippen LogP contribution in [0.4, 0.5) is 16.3 Å². The highest BCUT2D eigenvalue weighted by Gasteiger charge is 2.22. The van der Waals surface area contributed by atoms with Gasteiger partial charge in [0.15, 0.2) is 5.82 Å². The fourth-order valence-electron chi connectivity index (χ4n) is 3.35. The number of urea groups is 1. The summed E-state index contributed by atoms with van der Waals surface area (Å²) in [6.07, 6.45) is 0. The third-order valence-corrected chi connectivity index (χ3v) is 5.63. The van der Waals surface area contributed by atoms with E-state index in [0.29, 0.717) is 41.9 Å². The number of halogens is 2. The van der Waals surface area contributed by atoms with Crippen molar-refractivity contribution in [1.82, 2.24) is 15.1 Å². The standard InChI is InChI=1S/C22H21Cl2N5O2/c1-31-17-4-2-3-15(13-17)19-7-8-21(27-26-19)28-9-11-29(12-10-28)22(30)25-20-6-5-16(23)14-18(20)24/h2-8,13-14H,9-12H2,1H3,(H,25,30). The van der Waals surface area contributed by atoms with Crippen LogP contribution >= 0.6 is 23.2 Å². The van der Waals surface area contributed by atoms with Crippen LogP contribution < -0.4 is 15.0 Å². The Balaban J connectivity index is 1.35. The van der Waals surface area contributed by atoms with Gasteiger partial charge in [-0.3, -0.25) is 0 Å². The lowest BCUT2D eigenvalue weighted by Gasteiger charge is -2.35. The minimum absolute atomic E-state index is 0.191. The molecule has 0 saturated carbocycles. The van der Waals surface area contributed by atoms with Gasteiger partial charge < -0.3 is 19.9 Å². The molecule has 1 fully saturated rings. The van der Waals surface area contributed by atoms with E-state index in [2.05, 4.69) is 20.4 Å². The summed E-state index contributed by atoms with van der Waals surface area (Å²) in [5.74, 6) is 1.56. The Kier molecular flexibility index (Phi) is 6.44. The van der Waals surface area contributed by atoms with E-state index >= 15 is 0 Å². The minimum Gasteiger partial charge on any atom is -0.497 e. The molecule has 9 heteroatoms. The number of ether oxygens (including phenoxy) is 1. The zero-order chi connectivity index (χ0) is 21.8. The highest BCUT2D eigenvalue weighted by atomic mass is 35.5. The Morgan fingerprint density at radius 1 is 1.00 bits per heavy atom. The van der Waals surface area contributed by atoms with Gasteiger partial charge in [0.25, 0.3) is 0 Å². The van der Waals surface area contributed by atoms with E-state index in [4.69, 9.17) is 27.9 Å². The summed E-state index contributed by atoms with van der Waals surface area (Å²) < 4.78 is 5.27. The lowest BCUT2D eigenvalue weighted by molar-refractivity contribution is 0.208. The molecular weight excluding hydrogens is 437 g/mol. The van der Waals surface area contributed by atoms with Gasteiger partial charge in [0.1, 0.15) is 5.75 Å². The molecular formula is C22H21Cl2N5O2. The van der Waals surface area contributed by atoms with Crippen molar-refractivity contribution in [2.24, 2.45) is 0 Å². The van der Waals surface area contributed by atoms with Crippen LogP contribution in [-0.4, -0.2) is 54.4 Å². The number of methoxy groups -OCH3 is 1. The summed E-state index contributed by atoms with van der Waals surface area (Å²) in [6.45, 7) is 2.45. The van der Waals surface area contributed by atoms with Crippen LogP contribution in [0.2, 0.25) is 10.0 Å². The molecule has 4 rings (SSSR count). The molecule has 1 aliphatic rings. The maximum absolute atomic E-state index is 12.6. The molecule has 1 N–H and O–H groups in total. The van der Waals surface area contributed by atoms with E-state index in [9.17, 15) is 4.79 Å². The van der Waals surface area contributed by atoms with Crippen LogP contribution in [0, 0.1) is 0 Å². The molecule has 0 spiro atoms. The molecule has 1 saturated heterocycles. The van der Waals surface area contributed by atoms with Gasteiger partial charge >= 0.3 is 6.03 Å². The summed E-state index contributed by atoms with van der Waals surface area (Å²) in [6, 6.07) is 16.4. The third kappa shape index (κ3) is 5.00. The highest BCUT2D eigenvalue weighted by Crippen LogP contribution is 2.26. The first kappa shape index (κ1) is 21.2. The first-order valence-electron chi connectivity index (χ1n) is 9.77. The molecule has 2 heterocycles. The lowest BCUT2D eigenvalue weighted by Crippen LogP contribution is -2.50. The van der Waals surface area contributed by atoms with Crippen molar-refractivity contribution in [3.8, 4) is 17.0 Å². The van der Waals surface area contributed by atoms with E-state index in [0.717, 1.165) is 22.8 Å². The second kappa shape index (κ2) is 9.41. The molecule has 0 atom stereocenters. The number of aromatic nitrogens is 2. The molecule has 0 bridgehead atoms. The number of nitrogens with one attached hydrogen (secondary N) is 1. The Labute approximate surface area is 190 Å². The molecule has 3 aromatic rings. The van der Waals surface area contributed by atoms with Gasteiger partial charge in [0.05, 0.1) is 23.5 Å². The number of hydrogen-bond acceptors (Lipinski definition) is 5. The SMILES string of the molecule is COc1cccc(-c2ccc(N3CCN(C(=O)Nc4ccc(Cl)cc4Cl)CC3)nn2)c1. The second-order valence-electron chi connectivity index (χ2n) is 7.04. The van der Waals surface area contributed by atoms with Gasteiger partial charge in [-0.15, -0.1) is 10.2 Å². The van der Waals surface area contributed by atoms with Crippen molar-refractivity contribution in [2.75, 3.05) is 43.5 Å². The number of carbonyl (C=O) groups is 1. The number of hydrogen-bond donors (Lipinski definition) is 1. The maximum Gasteiger partial charge on any atom is 0.322 e. The van der Waals surface area contributed by atoms with Gasteiger partial charge in [-0.2, -0.15) is 0 Å². The molecule has 31 heavy (non-hydrogen) atoms. The fourth-order valence-corrected chi connectivity index (χ4v) is 3.81. The largest absolute Gasteiger partial charge is 0.497 e. The number of rotatable bonds is 4. The average Bonchev–Trinajstić information content (AvgIpc) is 2.81. The third-order valence-electron chi connectivity index (χ3n) is 5.08. The van der Waals surface area contributed by atoms with Crippen LogP contribution in [0.25, 0.3) is 11.3 Å². The zero-order valence-electron chi connectivity index (χ0n) is 16.9. The zero-order valence-corrected chi connectivity index (χ0v) is 18.4. The molecule has 2 amide bonds. The van der Waals surface area contributed by atoms with Crippen molar-refractivity contribution in [2.45, 2.75) is 0 Å². The first-order valence-corrected chi connectivity index (χ1v) is 10.5. The van der Waals surface area contributed by atoms with Crippen LogP contribution in [0.5, 0.6) is 5.75 Å². The van der Waals surface area contributed by atoms with Crippen LogP contribution in [0.1, 0.15) is 0 Å². The summed E-state index contributed by atoms with van der Waals surface area (Å²) in [7, 11) is 1.64. The lowest BCUT2D eigenvalue weighted by atomic mass is 10.1. The topological polar surface area (TPSA) is 70.6 Å². The highest BCUT2D eigenvalue weighted by molar-refractivity contribution is 6.36. The normalized spacial score (nSPS) is 13.8. The molecule has 1 aromatic heterocycles. The van der Waals surface area contributed by atoms with Crippen molar-refractivity contribution in [3.05, 3.63) is 64.6 Å². The Morgan fingerprint density at radius 2 is 1.81 bits per heavy atom. The monoisotopic (exact) mass is 457 g/mol. The van der Waals surface area contributed by atoms with Crippen molar-refractivity contribution in [1.29, 1.82) is 0 Å². The smallest absolute Gasteiger partial charge is 0.322 e. The predicted octanol–water partition coefficient (Wildman–Crippen LogP) is 4.81. The van der Waals surface area contributed by atoms with Gasteiger partial charge in [0.2, 0.25) is 0 Å². The van der Waals surface area contributed by atoms with Crippen molar-refractivity contribution < 1.29 is 9.53 Å². The van der Waals surface area contributed by atoms with E-state index in [1.54, 1.807) is 30.2 Å². The summed E-state index contributed by atoms with van der Waals surface area (Å²) in [4.78, 5) is 16.4. The van der Waals surface area contributed by atoms with Gasteiger partial charge in [-0.05, 0) is 42.5 Å². The molecule has 1 aliphatic heterocycles. The molecule has 0 unspecified atom stereocenters. The quantitative estimate of drug-likeness (QED) is 0.608. The van der Waals surface area contributed by atoms with Crippen LogP contribution in [-0.2, 0) is 0 Å². The maximum atomic E-state index is 12.6. The summed E-state index contributed by atoms with van der Waals surface area (Å²) in [5.41, 5.74) is 2.26. The Morgan fingerprint density at radius 3 is 2.48 bits per heavy atom. The molecule has 160 valence electrons. The number of anilines is 2. The van der Waals surface area contributed by atoms with E-state index in [-0.39, 0.29) is 6.03 Å². The Bertz CT molecular complexity index is 1070. The van der Waals surface area contributed by atoms with Crippen LogP contribution in [0.15, 0.2) is 54.6 Å². The molecule has 0 aliphatic carbocycles. The first-order chi connectivity index (χ1) is 15.0. The van der Waals surface area contributed by atoms with Gasteiger partial charge in [0, 0.05) is 36.8 Å². The van der Waals surface area contributed by atoms with Gasteiger partial charge in [-0.1, -0.05) is 35.3 Å². The number of amides is 2. The number of piperazine rings is 1. The van der Waals surface area contributed by atoms with E-state index < -0.39 is 0 Å². The predicted molar refractivity (Wildman–Crippen MR) is 123 cm³/mol. The summed E-state index contributed by atoms with van der Waals surface area (Å²) >= 11 is 12.0. The average molecular weight is 458 g/mol.